The predicted molar refractivity (Wildman–Crippen MR) is 85.7 cm³/mol. The lowest BCUT2D eigenvalue weighted by Gasteiger charge is -2.26. The van der Waals surface area contributed by atoms with E-state index in [2.05, 4.69) is 12.2 Å². The molecule has 0 radical (unpaired) electrons. The van der Waals surface area contributed by atoms with Gasteiger partial charge in [-0.3, -0.25) is 9.59 Å². The van der Waals surface area contributed by atoms with Crippen LogP contribution in [-0.4, -0.2) is 43.0 Å². The zero-order valence-electron chi connectivity index (χ0n) is 13.1. The smallest absolute Gasteiger partial charge is 0.227 e. The molecule has 5 nitrogen and oxygen atoms in total. The molecule has 120 valence electrons. The first-order valence-corrected chi connectivity index (χ1v) is 7.93. The van der Waals surface area contributed by atoms with Crippen LogP contribution in [0.3, 0.4) is 0 Å². The van der Waals surface area contributed by atoms with Gasteiger partial charge < -0.3 is 15.0 Å². The number of unbranched alkanes of at least 4 members (excludes halogenated alkanes) is 1. The monoisotopic (exact) mass is 304 g/mol. The Morgan fingerprint density at radius 1 is 1.18 bits per heavy atom. The summed E-state index contributed by atoms with van der Waals surface area (Å²) in [4.78, 5) is 25.6. The van der Waals surface area contributed by atoms with Gasteiger partial charge in [0.2, 0.25) is 11.8 Å². The van der Waals surface area contributed by atoms with Gasteiger partial charge in [-0.05, 0) is 24.1 Å². The van der Waals surface area contributed by atoms with Crippen LogP contribution in [0.4, 0.5) is 5.69 Å². The van der Waals surface area contributed by atoms with Crippen molar-refractivity contribution in [1.82, 2.24) is 4.90 Å². The van der Waals surface area contributed by atoms with Crippen molar-refractivity contribution in [2.45, 2.75) is 32.6 Å². The maximum atomic E-state index is 12.1. The van der Waals surface area contributed by atoms with Crippen LogP contribution >= 0.6 is 0 Å². The van der Waals surface area contributed by atoms with Gasteiger partial charge in [-0.1, -0.05) is 25.5 Å². The second-order valence-corrected chi connectivity index (χ2v) is 5.52. The normalized spacial score (nSPS) is 14.7. The lowest BCUT2D eigenvalue weighted by molar-refractivity contribution is -0.134. The predicted octanol–water partition coefficient (Wildman–Crippen LogP) is 2.22. The summed E-state index contributed by atoms with van der Waals surface area (Å²) in [7, 11) is 0. The number of rotatable bonds is 6. The van der Waals surface area contributed by atoms with E-state index in [-0.39, 0.29) is 11.8 Å². The molecule has 1 aliphatic heterocycles. The largest absolute Gasteiger partial charge is 0.378 e. The van der Waals surface area contributed by atoms with Crippen LogP contribution in [0, 0.1) is 0 Å². The molecule has 0 aromatic heterocycles. The maximum absolute atomic E-state index is 12.1. The summed E-state index contributed by atoms with van der Waals surface area (Å²) < 4.78 is 5.25. The van der Waals surface area contributed by atoms with E-state index < -0.39 is 0 Å². The molecule has 1 fully saturated rings. The molecule has 0 spiro atoms. The van der Waals surface area contributed by atoms with E-state index in [9.17, 15) is 9.59 Å². The quantitative estimate of drug-likeness (QED) is 0.876. The van der Waals surface area contributed by atoms with Crippen molar-refractivity contribution >= 4 is 17.5 Å². The van der Waals surface area contributed by atoms with E-state index in [1.165, 1.54) is 0 Å². The summed E-state index contributed by atoms with van der Waals surface area (Å²) in [5, 5.41) is 2.87. The third-order valence-corrected chi connectivity index (χ3v) is 3.71. The summed E-state index contributed by atoms with van der Waals surface area (Å²) in [5.74, 6) is 0.169. The second kappa shape index (κ2) is 8.54. The number of anilines is 1. The van der Waals surface area contributed by atoms with Crippen molar-refractivity contribution in [2.75, 3.05) is 31.6 Å². The van der Waals surface area contributed by atoms with Gasteiger partial charge in [0, 0.05) is 25.2 Å². The Labute approximate surface area is 131 Å². The number of hydrogen-bond donors (Lipinski definition) is 1. The Bertz CT molecular complexity index is 493. The number of hydrogen-bond acceptors (Lipinski definition) is 3. The standard InChI is InChI=1S/C17H24N2O3/c1-2-3-4-16(20)18-15-7-5-14(6-8-15)13-17(21)19-9-11-22-12-10-19/h5-8H,2-4,9-13H2,1H3,(H,18,20). The van der Waals surface area contributed by atoms with Gasteiger partial charge in [0.15, 0.2) is 0 Å². The molecule has 5 heteroatoms. The molecule has 1 aliphatic rings. The molecular formula is C17H24N2O3. The van der Waals surface area contributed by atoms with Crippen molar-refractivity contribution in [3.63, 3.8) is 0 Å². The average molecular weight is 304 g/mol. The van der Waals surface area contributed by atoms with E-state index in [4.69, 9.17) is 4.74 Å². The van der Waals surface area contributed by atoms with E-state index in [1.54, 1.807) is 0 Å². The number of carbonyl (C=O) groups is 2. The number of morpholine rings is 1. The summed E-state index contributed by atoms with van der Waals surface area (Å²) in [5.41, 5.74) is 1.74. The molecule has 0 saturated carbocycles. The van der Waals surface area contributed by atoms with Crippen LogP contribution in [0.5, 0.6) is 0 Å². The maximum Gasteiger partial charge on any atom is 0.227 e. The summed E-state index contributed by atoms with van der Waals surface area (Å²) >= 11 is 0. The first kappa shape index (κ1) is 16.5. The Balaban J connectivity index is 1.83. The SMILES string of the molecule is CCCCC(=O)Nc1ccc(CC(=O)N2CCOCC2)cc1. The zero-order chi connectivity index (χ0) is 15.8. The fourth-order valence-electron chi connectivity index (χ4n) is 2.37. The minimum absolute atomic E-state index is 0.0407. The third-order valence-electron chi connectivity index (χ3n) is 3.71. The number of carbonyl (C=O) groups excluding carboxylic acids is 2. The van der Waals surface area contributed by atoms with Crippen molar-refractivity contribution < 1.29 is 14.3 Å². The number of benzene rings is 1. The Morgan fingerprint density at radius 2 is 1.86 bits per heavy atom. The first-order valence-electron chi connectivity index (χ1n) is 7.93. The van der Waals surface area contributed by atoms with Crippen molar-refractivity contribution in [3.05, 3.63) is 29.8 Å². The van der Waals surface area contributed by atoms with E-state index in [0.717, 1.165) is 24.1 Å². The number of amides is 2. The van der Waals surface area contributed by atoms with Gasteiger partial charge in [0.1, 0.15) is 0 Å². The van der Waals surface area contributed by atoms with Gasteiger partial charge in [-0.25, -0.2) is 0 Å². The minimum Gasteiger partial charge on any atom is -0.378 e. The molecule has 2 rings (SSSR count). The molecule has 22 heavy (non-hydrogen) atoms. The molecule has 2 amide bonds. The van der Waals surface area contributed by atoms with E-state index >= 15 is 0 Å². The number of nitrogens with zero attached hydrogens (tertiary/aromatic N) is 1. The van der Waals surface area contributed by atoms with Gasteiger partial charge in [-0.2, -0.15) is 0 Å². The van der Waals surface area contributed by atoms with Crippen LogP contribution in [0.2, 0.25) is 0 Å². The molecule has 1 saturated heterocycles. The van der Waals surface area contributed by atoms with Crippen molar-refractivity contribution in [1.29, 1.82) is 0 Å². The van der Waals surface area contributed by atoms with Crippen LogP contribution in [0.25, 0.3) is 0 Å². The van der Waals surface area contributed by atoms with E-state index in [0.29, 0.717) is 39.1 Å². The highest BCUT2D eigenvalue weighted by Gasteiger charge is 2.16. The fourth-order valence-corrected chi connectivity index (χ4v) is 2.37. The molecule has 1 heterocycles. The molecule has 0 aliphatic carbocycles. The summed E-state index contributed by atoms with van der Waals surface area (Å²) in [6.45, 7) is 4.64. The topological polar surface area (TPSA) is 58.6 Å². The minimum atomic E-state index is 0.0407. The van der Waals surface area contributed by atoms with Gasteiger partial charge >= 0.3 is 0 Å². The highest BCUT2D eigenvalue weighted by atomic mass is 16.5. The molecule has 0 atom stereocenters. The molecule has 0 unspecified atom stereocenters. The average Bonchev–Trinajstić information content (AvgIpc) is 2.55. The number of ether oxygens (including phenoxy) is 1. The molecule has 0 bridgehead atoms. The van der Waals surface area contributed by atoms with Crippen LogP contribution in [-0.2, 0) is 20.7 Å². The second-order valence-electron chi connectivity index (χ2n) is 5.52. The lowest BCUT2D eigenvalue weighted by Crippen LogP contribution is -2.41. The van der Waals surface area contributed by atoms with Crippen LogP contribution in [0.15, 0.2) is 24.3 Å². The van der Waals surface area contributed by atoms with Crippen molar-refractivity contribution in [3.8, 4) is 0 Å². The molecular weight excluding hydrogens is 280 g/mol. The Morgan fingerprint density at radius 3 is 2.50 bits per heavy atom. The number of nitrogens with one attached hydrogen (secondary N) is 1. The Kier molecular flexibility index (Phi) is 6.40. The highest BCUT2D eigenvalue weighted by Crippen LogP contribution is 2.12. The lowest BCUT2D eigenvalue weighted by atomic mass is 10.1. The fraction of sp³-hybridized carbons (Fsp3) is 0.529. The molecule has 1 N–H and O–H groups in total. The van der Waals surface area contributed by atoms with Crippen LogP contribution < -0.4 is 5.32 Å². The molecule has 1 aromatic rings. The van der Waals surface area contributed by atoms with Gasteiger partial charge in [0.05, 0.1) is 19.6 Å². The van der Waals surface area contributed by atoms with Gasteiger partial charge in [-0.15, -0.1) is 0 Å². The summed E-state index contributed by atoms with van der Waals surface area (Å²) in [6.07, 6.45) is 2.85. The van der Waals surface area contributed by atoms with Crippen LogP contribution in [0.1, 0.15) is 31.7 Å². The zero-order valence-corrected chi connectivity index (χ0v) is 13.1. The Hall–Kier alpha value is -1.88. The third kappa shape index (κ3) is 5.15. The summed E-state index contributed by atoms with van der Waals surface area (Å²) in [6, 6.07) is 7.50. The molecule has 1 aromatic carbocycles. The van der Waals surface area contributed by atoms with Gasteiger partial charge in [0.25, 0.3) is 0 Å². The highest BCUT2D eigenvalue weighted by molar-refractivity contribution is 5.90. The van der Waals surface area contributed by atoms with E-state index in [1.807, 2.05) is 29.2 Å². The van der Waals surface area contributed by atoms with Crippen molar-refractivity contribution in [2.24, 2.45) is 0 Å². The first-order chi connectivity index (χ1) is 10.7.